The van der Waals surface area contributed by atoms with Crippen molar-refractivity contribution in [1.29, 1.82) is 0 Å². The summed E-state index contributed by atoms with van der Waals surface area (Å²) in [7, 11) is 0. The first-order chi connectivity index (χ1) is 9.03. The summed E-state index contributed by atoms with van der Waals surface area (Å²) in [5.74, 6) is -0.882. The molecule has 0 aromatic heterocycles. The van der Waals surface area contributed by atoms with Gasteiger partial charge in [-0.3, -0.25) is 4.79 Å². The summed E-state index contributed by atoms with van der Waals surface area (Å²) in [5, 5.41) is 9.21. The van der Waals surface area contributed by atoms with E-state index >= 15 is 0 Å². The third-order valence-electron chi connectivity index (χ3n) is 3.18. The fourth-order valence-corrected chi connectivity index (χ4v) is 2.06. The molecule has 1 aliphatic heterocycles. The Bertz CT molecular complexity index is 372. The van der Waals surface area contributed by atoms with Gasteiger partial charge in [-0.15, -0.1) is 0 Å². The molecule has 1 unspecified atom stereocenters. The Morgan fingerprint density at radius 2 is 1.90 bits per heavy atom. The van der Waals surface area contributed by atoms with Crippen LogP contribution in [0.15, 0.2) is 0 Å². The summed E-state index contributed by atoms with van der Waals surface area (Å²) < 4.78 is 10.7. The van der Waals surface area contributed by atoms with Crippen LogP contribution in [-0.4, -0.2) is 53.5 Å². The second kappa shape index (κ2) is 5.99. The number of carbonyl (C=O) groups is 2. The van der Waals surface area contributed by atoms with Gasteiger partial charge in [0.1, 0.15) is 5.60 Å². The van der Waals surface area contributed by atoms with E-state index in [1.807, 2.05) is 20.8 Å². The van der Waals surface area contributed by atoms with Gasteiger partial charge in [-0.1, -0.05) is 0 Å². The van der Waals surface area contributed by atoms with Gasteiger partial charge in [-0.25, -0.2) is 4.79 Å². The van der Waals surface area contributed by atoms with Gasteiger partial charge >= 0.3 is 12.1 Å². The predicted molar refractivity (Wildman–Crippen MR) is 73.6 cm³/mol. The zero-order valence-corrected chi connectivity index (χ0v) is 12.9. The lowest BCUT2D eigenvalue weighted by Crippen LogP contribution is -2.52. The van der Waals surface area contributed by atoms with Crippen molar-refractivity contribution in [1.82, 2.24) is 4.90 Å². The molecule has 116 valence electrons. The van der Waals surface area contributed by atoms with E-state index in [1.54, 1.807) is 18.7 Å². The number of carbonyl (C=O) groups excluding carboxylic acids is 1. The van der Waals surface area contributed by atoms with Gasteiger partial charge in [0.25, 0.3) is 0 Å². The van der Waals surface area contributed by atoms with Crippen LogP contribution < -0.4 is 0 Å². The van der Waals surface area contributed by atoms with Gasteiger partial charge in [0.2, 0.25) is 0 Å². The standard InChI is InChI=1S/C14H25NO5/c1-13(2,3)20-12(18)15-6-7-19-9-10(15)8-14(4,5)11(16)17/h10H,6-9H2,1-5H3,(H,16,17). The van der Waals surface area contributed by atoms with Crippen molar-refractivity contribution in [3.63, 3.8) is 0 Å². The average Bonchev–Trinajstić information content (AvgIpc) is 2.26. The molecular weight excluding hydrogens is 262 g/mol. The monoisotopic (exact) mass is 287 g/mol. The van der Waals surface area contributed by atoms with Crippen LogP contribution in [0.2, 0.25) is 0 Å². The van der Waals surface area contributed by atoms with Gasteiger partial charge < -0.3 is 19.5 Å². The lowest BCUT2D eigenvalue weighted by Gasteiger charge is -2.39. The summed E-state index contributed by atoms with van der Waals surface area (Å²) in [6, 6.07) is -0.273. The molecule has 0 spiro atoms. The Labute approximate surface area is 120 Å². The molecule has 0 bridgehead atoms. The quantitative estimate of drug-likeness (QED) is 0.860. The van der Waals surface area contributed by atoms with Crippen molar-refractivity contribution in [2.75, 3.05) is 19.8 Å². The van der Waals surface area contributed by atoms with Crippen molar-refractivity contribution in [2.45, 2.75) is 52.7 Å². The average molecular weight is 287 g/mol. The van der Waals surface area contributed by atoms with Gasteiger partial charge in [-0.05, 0) is 41.0 Å². The highest BCUT2D eigenvalue weighted by molar-refractivity contribution is 5.74. The highest BCUT2D eigenvalue weighted by atomic mass is 16.6. The van der Waals surface area contributed by atoms with Crippen LogP contribution in [-0.2, 0) is 14.3 Å². The van der Waals surface area contributed by atoms with Crippen LogP contribution in [0.1, 0.15) is 41.0 Å². The number of aliphatic carboxylic acids is 1. The Morgan fingerprint density at radius 1 is 1.30 bits per heavy atom. The van der Waals surface area contributed by atoms with E-state index in [9.17, 15) is 14.7 Å². The molecule has 0 aliphatic carbocycles. The third-order valence-corrected chi connectivity index (χ3v) is 3.18. The normalized spacial score (nSPS) is 20.6. The summed E-state index contributed by atoms with van der Waals surface area (Å²) >= 11 is 0. The minimum atomic E-state index is -0.911. The molecule has 0 saturated carbocycles. The maximum atomic E-state index is 12.2. The largest absolute Gasteiger partial charge is 0.481 e. The highest BCUT2D eigenvalue weighted by Crippen LogP contribution is 2.27. The molecule has 1 amide bonds. The third kappa shape index (κ3) is 4.67. The maximum Gasteiger partial charge on any atom is 0.410 e. The number of carboxylic acids is 1. The van der Waals surface area contributed by atoms with Crippen molar-refractivity contribution in [3.05, 3.63) is 0 Å². The van der Waals surface area contributed by atoms with E-state index < -0.39 is 23.1 Å². The molecule has 20 heavy (non-hydrogen) atoms. The number of hydrogen-bond donors (Lipinski definition) is 1. The highest BCUT2D eigenvalue weighted by Gasteiger charge is 2.37. The predicted octanol–water partition coefficient (Wildman–Crippen LogP) is 2.12. The summed E-state index contributed by atoms with van der Waals surface area (Å²) in [6.45, 7) is 9.94. The first-order valence-electron chi connectivity index (χ1n) is 6.84. The molecule has 0 radical (unpaired) electrons. The molecule has 1 heterocycles. The van der Waals surface area contributed by atoms with E-state index in [1.165, 1.54) is 0 Å². The lowest BCUT2D eigenvalue weighted by atomic mass is 9.85. The molecular formula is C14H25NO5. The molecule has 1 fully saturated rings. The second-order valence-corrected chi connectivity index (χ2v) is 6.80. The second-order valence-electron chi connectivity index (χ2n) is 6.80. The van der Waals surface area contributed by atoms with Gasteiger partial charge in [0.15, 0.2) is 0 Å². The molecule has 1 aliphatic rings. The Balaban J connectivity index is 2.77. The smallest absolute Gasteiger partial charge is 0.410 e. The number of hydrogen-bond acceptors (Lipinski definition) is 4. The fraction of sp³-hybridized carbons (Fsp3) is 0.857. The van der Waals surface area contributed by atoms with E-state index in [0.717, 1.165) is 0 Å². The van der Waals surface area contributed by atoms with Crippen molar-refractivity contribution in [2.24, 2.45) is 5.41 Å². The van der Waals surface area contributed by atoms with Crippen LogP contribution in [0.3, 0.4) is 0 Å². The molecule has 1 atom stereocenters. The van der Waals surface area contributed by atoms with E-state index in [-0.39, 0.29) is 6.04 Å². The van der Waals surface area contributed by atoms with Crippen molar-refractivity contribution >= 4 is 12.1 Å². The number of morpholine rings is 1. The Kier molecular flexibility index (Phi) is 5.02. The van der Waals surface area contributed by atoms with Crippen molar-refractivity contribution in [3.8, 4) is 0 Å². The van der Waals surface area contributed by atoms with Crippen LogP contribution in [0.4, 0.5) is 4.79 Å². The van der Waals surface area contributed by atoms with Crippen LogP contribution in [0.25, 0.3) is 0 Å². The molecule has 6 nitrogen and oxygen atoms in total. The van der Waals surface area contributed by atoms with Crippen LogP contribution in [0, 0.1) is 5.41 Å². The lowest BCUT2D eigenvalue weighted by molar-refractivity contribution is -0.149. The Hall–Kier alpha value is -1.30. The number of ether oxygens (including phenoxy) is 2. The first kappa shape index (κ1) is 16.8. The SMILES string of the molecule is CC(C)(C)OC(=O)N1CCOCC1CC(C)(C)C(=O)O. The van der Waals surface area contributed by atoms with E-state index in [2.05, 4.69) is 0 Å². The zero-order valence-electron chi connectivity index (χ0n) is 12.9. The molecule has 0 aromatic carbocycles. The molecule has 1 N–H and O–H groups in total. The van der Waals surface area contributed by atoms with Gasteiger partial charge in [-0.2, -0.15) is 0 Å². The topological polar surface area (TPSA) is 76.1 Å². The minimum Gasteiger partial charge on any atom is -0.481 e. The number of rotatable bonds is 3. The van der Waals surface area contributed by atoms with Crippen LogP contribution >= 0.6 is 0 Å². The maximum absolute atomic E-state index is 12.2. The van der Waals surface area contributed by atoms with Crippen molar-refractivity contribution < 1.29 is 24.2 Å². The van der Waals surface area contributed by atoms with Gasteiger partial charge in [0.05, 0.1) is 24.7 Å². The number of carboxylic acid groups (broad SMARTS) is 1. The zero-order chi connectivity index (χ0) is 15.6. The van der Waals surface area contributed by atoms with Crippen LogP contribution in [0.5, 0.6) is 0 Å². The molecule has 1 rings (SSSR count). The molecule has 1 saturated heterocycles. The van der Waals surface area contributed by atoms with Gasteiger partial charge in [0, 0.05) is 6.54 Å². The summed E-state index contributed by atoms with van der Waals surface area (Å²) in [6.07, 6.45) is -0.0753. The minimum absolute atomic E-state index is 0.273. The molecule has 6 heteroatoms. The number of nitrogens with zero attached hydrogens (tertiary/aromatic N) is 1. The Morgan fingerprint density at radius 3 is 2.40 bits per heavy atom. The van der Waals surface area contributed by atoms with E-state index in [0.29, 0.717) is 26.2 Å². The first-order valence-corrected chi connectivity index (χ1v) is 6.84. The number of amides is 1. The summed E-state index contributed by atoms with van der Waals surface area (Å²) in [4.78, 5) is 25.0. The van der Waals surface area contributed by atoms with E-state index in [4.69, 9.17) is 9.47 Å². The fourth-order valence-electron chi connectivity index (χ4n) is 2.06. The summed E-state index contributed by atoms with van der Waals surface area (Å²) in [5.41, 5.74) is -1.48. The molecule has 0 aromatic rings.